The first-order chi connectivity index (χ1) is 14.5. The van der Waals surface area contributed by atoms with Crippen molar-refractivity contribution >= 4 is 40.2 Å². The lowest BCUT2D eigenvalue weighted by atomic mass is 10.2. The van der Waals surface area contributed by atoms with Crippen molar-refractivity contribution in [1.29, 1.82) is 0 Å². The number of rotatable bonds is 5. The van der Waals surface area contributed by atoms with E-state index in [9.17, 15) is 14.0 Å². The summed E-state index contributed by atoms with van der Waals surface area (Å²) in [6.07, 6.45) is 0. The number of benzene rings is 1. The summed E-state index contributed by atoms with van der Waals surface area (Å²) in [6.45, 7) is 1.77. The molecule has 0 aliphatic carbocycles. The number of amides is 1. The molecule has 3 aromatic heterocycles. The third-order valence-corrected chi connectivity index (χ3v) is 6.13. The Kier molecular flexibility index (Phi) is 5.42. The molecule has 1 aromatic carbocycles. The highest BCUT2D eigenvalue weighted by Gasteiger charge is 2.23. The summed E-state index contributed by atoms with van der Waals surface area (Å²) in [6, 6.07) is 9.56. The number of hydrogen-bond donors (Lipinski definition) is 1. The predicted octanol–water partition coefficient (Wildman–Crippen LogP) is 4.54. The van der Waals surface area contributed by atoms with Crippen molar-refractivity contribution in [2.45, 2.75) is 6.92 Å². The minimum absolute atomic E-state index is 0.107. The fourth-order valence-electron chi connectivity index (χ4n) is 2.77. The molecular formula is C20H15FN4O3S2. The van der Waals surface area contributed by atoms with Gasteiger partial charge in [-0.05, 0) is 47.5 Å². The maximum atomic E-state index is 13.8. The molecule has 0 radical (unpaired) electrons. The van der Waals surface area contributed by atoms with Gasteiger partial charge in [-0.1, -0.05) is 12.1 Å². The number of nitrogens with one attached hydrogen (secondary N) is 1. The van der Waals surface area contributed by atoms with Crippen LogP contribution >= 0.6 is 22.7 Å². The van der Waals surface area contributed by atoms with Gasteiger partial charge in [-0.2, -0.15) is 0 Å². The van der Waals surface area contributed by atoms with Crippen LogP contribution in [0.5, 0.6) is 0 Å². The van der Waals surface area contributed by atoms with Crippen LogP contribution in [0.3, 0.4) is 0 Å². The predicted molar refractivity (Wildman–Crippen MR) is 113 cm³/mol. The summed E-state index contributed by atoms with van der Waals surface area (Å²) >= 11 is 2.60. The lowest BCUT2D eigenvalue weighted by Gasteiger charge is -2.05. The van der Waals surface area contributed by atoms with Gasteiger partial charge in [-0.25, -0.2) is 18.9 Å². The molecule has 30 heavy (non-hydrogen) atoms. The summed E-state index contributed by atoms with van der Waals surface area (Å²) in [5.74, 6) is -1.25. The van der Waals surface area contributed by atoms with Crippen molar-refractivity contribution in [1.82, 2.24) is 14.8 Å². The monoisotopic (exact) mass is 442 g/mol. The van der Waals surface area contributed by atoms with Crippen LogP contribution in [0.25, 0.3) is 16.4 Å². The summed E-state index contributed by atoms with van der Waals surface area (Å²) in [4.78, 5) is 30.3. The van der Waals surface area contributed by atoms with Crippen LogP contribution in [0.2, 0.25) is 0 Å². The Morgan fingerprint density at radius 2 is 2.03 bits per heavy atom. The highest BCUT2D eigenvalue weighted by atomic mass is 32.1. The Bertz CT molecular complexity index is 1230. The zero-order chi connectivity index (χ0) is 21.3. The standard InChI is InChI=1S/C20H15FN4O3S2/c1-11-10-30-16(20(27)28-2)15(11)22-19(26)17-23-18(14-7-4-8-29-14)25(24-17)13-6-3-5-12(21)9-13/h3-10H,1-2H3,(H,22,26). The molecule has 0 bridgehead atoms. The second kappa shape index (κ2) is 8.17. The van der Waals surface area contributed by atoms with E-state index in [0.717, 1.165) is 10.4 Å². The van der Waals surface area contributed by atoms with Crippen molar-refractivity contribution in [2.75, 3.05) is 12.4 Å². The van der Waals surface area contributed by atoms with Crippen molar-refractivity contribution in [2.24, 2.45) is 0 Å². The molecule has 7 nitrogen and oxygen atoms in total. The normalized spacial score (nSPS) is 10.8. The van der Waals surface area contributed by atoms with Crippen LogP contribution in [0, 0.1) is 12.7 Å². The van der Waals surface area contributed by atoms with Gasteiger partial charge in [0.05, 0.1) is 23.4 Å². The maximum absolute atomic E-state index is 13.8. The van der Waals surface area contributed by atoms with Crippen molar-refractivity contribution in [3.8, 4) is 16.4 Å². The van der Waals surface area contributed by atoms with Gasteiger partial charge in [-0.15, -0.1) is 27.8 Å². The van der Waals surface area contributed by atoms with Gasteiger partial charge < -0.3 is 10.1 Å². The highest BCUT2D eigenvalue weighted by Crippen LogP contribution is 2.30. The number of carbonyl (C=O) groups is 2. The Morgan fingerprint density at radius 3 is 2.73 bits per heavy atom. The van der Waals surface area contributed by atoms with Crippen LogP contribution in [-0.4, -0.2) is 33.8 Å². The summed E-state index contributed by atoms with van der Waals surface area (Å²) in [7, 11) is 1.28. The van der Waals surface area contributed by atoms with Gasteiger partial charge in [0, 0.05) is 0 Å². The van der Waals surface area contributed by atoms with Crippen molar-refractivity contribution < 1.29 is 18.7 Å². The van der Waals surface area contributed by atoms with Crippen molar-refractivity contribution in [3.63, 3.8) is 0 Å². The third-order valence-electron chi connectivity index (χ3n) is 4.19. The van der Waals surface area contributed by atoms with E-state index in [2.05, 4.69) is 15.4 Å². The molecule has 0 unspecified atom stereocenters. The molecule has 0 saturated carbocycles. The van der Waals surface area contributed by atoms with Crippen LogP contribution in [-0.2, 0) is 4.74 Å². The molecule has 0 saturated heterocycles. The fraction of sp³-hybridized carbons (Fsp3) is 0.100. The minimum atomic E-state index is -0.588. The summed E-state index contributed by atoms with van der Waals surface area (Å²) in [5, 5.41) is 10.6. The number of ether oxygens (including phenoxy) is 1. The van der Waals surface area contributed by atoms with E-state index >= 15 is 0 Å². The number of methoxy groups -OCH3 is 1. The Labute approximate surface area is 178 Å². The lowest BCUT2D eigenvalue weighted by molar-refractivity contribution is 0.0607. The van der Waals surface area contributed by atoms with Gasteiger partial charge in [-0.3, -0.25) is 4.79 Å². The molecule has 4 rings (SSSR count). The SMILES string of the molecule is COC(=O)c1scc(C)c1NC(=O)c1nc(-c2cccs2)n(-c2cccc(F)c2)n1. The molecule has 152 valence electrons. The largest absolute Gasteiger partial charge is 0.465 e. The Balaban J connectivity index is 1.74. The average molecular weight is 442 g/mol. The Hall–Kier alpha value is -3.37. The molecule has 3 heterocycles. The molecular weight excluding hydrogens is 427 g/mol. The van der Waals surface area contributed by atoms with Crippen LogP contribution in [0.1, 0.15) is 25.9 Å². The van der Waals surface area contributed by atoms with Gasteiger partial charge >= 0.3 is 5.97 Å². The first-order valence-electron chi connectivity index (χ1n) is 8.72. The zero-order valence-electron chi connectivity index (χ0n) is 15.9. The fourth-order valence-corrected chi connectivity index (χ4v) is 4.39. The molecule has 0 fully saturated rings. The topological polar surface area (TPSA) is 86.1 Å². The van der Waals surface area contributed by atoms with Gasteiger partial charge in [0.15, 0.2) is 5.82 Å². The smallest absolute Gasteiger partial charge is 0.350 e. The lowest BCUT2D eigenvalue weighted by Crippen LogP contribution is -2.16. The number of aromatic nitrogens is 3. The zero-order valence-corrected chi connectivity index (χ0v) is 17.5. The van der Waals surface area contributed by atoms with Gasteiger partial charge in [0.2, 0.25) is 5.82 Å². The average Bonchev–Trinajstić information content (AvgIpc) is 3.47. The molecule has 1 amide bonds. The number of thiophene rings is 2. The van der Waals surface area contributed by atoms with E-state index in [-0.39, 0.29) is 10.7 Å². The van der Waals surface area contributed by atoms with E-state index in [1.807, 2.05) is 17.5 Å². The quantitative estimate of drug-likeness (QED) is 0.459. The number of aryl methyl sites for hydroxylation is 1. The van der Waals surface area contributed by atoms with E-state index in [0.29, 0.717) is 17.2 Å². The molecule has 1 N–H and O–H groups in total. The van der Waals surface area contributed by atoms with E-state index in [1.54, 1.807) is 24.4 Å². The van der Waals surface area contributed by atoms with Crippen LogP contribution < -0.4 is 5.32 Å². The summed E-state index contributed by atoms with van der Waals surface area (Å²) in [5.41, 5.74) is 1.51. The number of carbonyl (C=O) groups excluding carboxylic acids is 2. The molecule has 10 heteroatoms. The second-order valence-corrected chi connectivity index (χ2v) is 8.02. The molecule has 4 aromatic rings. The Morgan fingerprint density at radius 1 is 1.20 bits per heavy atom. The molecule has 0 aliphatic rings. The number of halogens is 1. The molecule has 0 atom stereocenters. The summed E-state index contributed by atoms with van der Waals surface area (Å²) < 4.78 is 20.0. The number of hydrogen-bond acceptors (Lipinski definition) is 7. The number of esters is 1. The number of anilines is 1. The minimum Gasteiger partial charge on any atom is -0.465 e. The van der Waals surface area contributed by atoms with E-state index in [4.69, 9.17) is 4.74 Å². The molecule has 0 aliphatic heterocycles. The third kappa shape index (κ3) is 3.74. The maximum Gasteiger partial charge on any atom is 0.350 e. The van der Waals surface area contributed by atoms with E-state index < -0.39 is 17.7 Å². The van der Waals surface area contributed by atoms with Crippen molar-refractivity contribution in [3.05, 3.63) is 69.2 Å². The number of nitrogens with zero attached hydrogens (tertiary/aromatic N) is 3. The van der Waals surface area contributed by atoms with Crippen LogP contribution in [0.4, 0.5) is 10.1 Å². The highest BCUT2D eigenvalue weighted by molar-refractivity contribution is 7.13. The van der Waals surface area contributed by atoms with Crippen LogP contribution in [0.15, 0.2) is 47.2 Å². The van der Waals surface area contributed by atoms with E-state index in [1.165, 1.54) is 46.6 Å². The van der Waals surface area contributed by atoms with Gasteiger partial charge in [0.1, 0.15) is 10.7 Å². The molecule has 0 spiro atoms. The first kappa shape index (κ1) is 19.9. The van der Waals surface area contributed by atoms with Gasteiger partial charge in [0.25, 0.3) is 5.91 Å². The second-order valence-electron chi connectivity index (χ2n) is 6.20. The first-order valence-corrected chi connectivity index (χ1v) is 10.5.